The molecule has 0 saturated carbocycles. The molecule has 0 spiro atoms. The molecule has 4 nitrogen and oxygen atoms in total. The number of rotatable bonds is 16. The van der Waals surface area contributed by atoms with E-state index >= 15 is 0 Å². The second-order valence-electron chi connectivity index (χ2n) is 10.3. The van der Waals surface area contributed by atoms with Crippen LogP contribution in [-0.2, 0) is 0 Å². The minimum absolute atomic E-state index is 0. The molecule has 0 unspecified atom stereocenters. The Balaban J connectivity index is 0.00000506. The fourth-order valence-corrected chi connectivity index (χ4v) is 5.22. The van der Waals surface area contributed by atoms with Crippen molar-refractivity contribution >= 4 is 23.6 Å². The van der Waals surface area contributed by atoms with E-state index in [2.05, 4.69) is 147 Å². The van der Waals surface area contributed by atoms with E-state index < -0.39 is 0 Å². The molecule has 4 aromatic carbocycles. The third kappa shape index (κ3) is 9.72. The summed E-state index contributed by atoms with van der Waals surface area (Å²) in [5.74, 6) is 1.79. The van der Waals surface area contributed by atoms with Gasteiger partial charge in [0.25, 0.3) is 0 Å². The highest BCUT2D eigenvalue weighted by Crippen LogP contribution is 2.37. The van der Waals surface area contributed by atoms with E-state index in [0.717, 1.165) is 61.9 Å². The van der Waals surface area contributed by atoms with Gasteiger partial charge in [-0.25, -0.2) is 0 Å². The average Bonchev–Trinajstić information content (AvgIpc) is 3.05. The molecule has 0 heterocycles. The summed E-state index contributed by atoms with van der Waals surface area (Å²) in [5.41, 5.74) is 7.02. The summed E-state index contributed by atoms with van der Waals surface area (Å²) in [6.07, 6.45) is 0. The second-order valence-corrected chi connectivity index (χ2v) is 10.3. The number of hydrogen-bond donors (Lipinski definition) is 0. The molecule has 0 aliphatic heterocycles. The van der Waals surface area contributed by atoms with Gasteiger partial charge in [-0.05, 0) is 83.8 Å². The lowest BCUT2D eigenvalue weighted by atomic mass is 9.86. The van der Waals surface area contributed by atoms with Gasteiger partial charge in [-0.1, -0.05) is 113 Å². The standard InChI is InChI=1S/C38H46N2O2.ClH/c1-5-39(6-2)27-29-41-35-23-19-33(20-24-35)37(31-15-11-9-12-16-31)38(32-17-13-10-14-18-32)34-21-25-36(26-22-34)42-30-28-40(7-3)8-4;/h9-26H,5-8,27-30H2,1-4H3;1H/b38-37-;. The molecule has 5 heteroatoms. The van der Waals surface area contributed by atoms with Gasteiger partial charge in [-0.2, -0.15) is 0 Å². The van der Waals surface area contributed by atoms with Crippen LogP contribution in [0, 0.1) is 0 Å². The Kier molecular flexibility index (Phi) is 14.3. The van der Waals surface area contributed by atoms with Gasteiger partial charge in [-0.15, -0.1) is 12.4 Å². The van der Waals surface area contributed by atoms with Crippen molar-refractivity contribution in [1.82, 2.24) is 9.80 Å². The van der Waals surface area contributed by atoms with Crippen molar-refractivity contribution in [2.45, 2.75) is 27.7 Å². The van der Waals surface area contributed by atoms with Gasteiger partial charge in [-0.3, -0.25) is 0 Å². The average molecular weight is 599 g/mol. The maximum Gasteiger partial charge on any atom is 0.119 e. The lowest BCUT2D eigenvalue weighted by molar-refractivity contribution is 0.223. The van der Waals surface area contributed by atoms with Crippen molar-refractivity contribution < 1.29 is 9.47 Å². The number of benzene rings is 4. The predicted octanol–water partition coefficient (Wildman–Crippen LogP) is 8.56. The van der Waals surface area contributed by atoms with Gasteiger partial charge in [0, 0.05) is 13.1 Å². The molecule has 0 amide bonds. The molecule has 4 aromatic rings. The van der Waals surface area contributed by atoms with Crippen molar-refractivity contribution in [3.63, 3.8) is 0 Å². The highest BCUT2D eigenvalue weighted by atomic mass is 35.5. The number of likely N-dealkylation sites (N-methyl/N-ethyl adjacent to an activating group) is 2. The third-order valence-corrected chi connectivity index (χ3v) is 7.80. The normalized spacial score (nSPS) is 11.7. The van der Waals surface area contributed by atoms with Gasteiger partial charge < -0.3 is 19.3 Å². The van der Waals surface area contributed by atoms with Crippen LogP contribution >= 0.6 is 12.4 Å². The minimum atomic E-state index is 0. The Morgan fingerprint density at radius 3 is 1.05 bits per heavy atom. The summed E-state index contributed by atoms with van der Waals surface area (Å²) in [6.45, 7) is 16.1. The van der Waals surface area contributed by atoms with Crippen LogP contribution in [0.25, 0.3) is 11.1 Å². The first-order valence-corrected chi connectivity index (χ1v) is 15.4. The van der Waals surface area contributed by atoms with Crippen molar-refractivity contribution in [3.05, 3.63) is 131 Å². The summed E-state index contributed by atoms with van der Waals surface area (Å²) in [4.78, 5) is 4.75. The van der Waals surface area contributed by atoms with E-state index in [4.69, 9.17) is 9.47 Å². The van der Waals surface area contributed by atoms with Crippen LogP contribution in [-0.4, -0.2) is 62.3 Å². The van der Waals surface area contributed by atoms with Crippen LogP contribution in [0.2, 0.25) is 0 Å². The topological polar surface area (TPSA) is 24.9 Å². The zero-order valence-electron chi connectivity index (χ0n) is 26.2. The summed E-state index contributed by atoms with van der Waals surface area (Å²) >= 11 is 0. The Morgan fingerprint density at radius 2 is 0.744 bits per heavy atom. The van der Waals surface area contributed by atoms with Crippen LogP contribution in [0.5, 0.6) is 11.5 Å². The lowest BCUT2D eigenvalue weighted by Crippen LogP contribution is -2.27. The lowest BCUT2D eigenvalue weighted by Gasteiger charge is -2.20. The highest BCUT2D eigenvalue weighted by molar-refractivity contribution is 6.04. The third-order valence-electron chi connectivity index (χ3n) is 7.80. The Morgan fingerprint density at radius 1 is 0.442 bits per heavy atom. The fourth-order valence-electron chi connectivity index (χ4n) is 5.22. The highest BCUT2D eigenvalue weighted by Gasteiger charge is 2.16. The van der Waals surface area contributed by atoms with E-state index in [1.807, 2.05) is 0 Å². The van der Waals surface area contributed by atoms with Crippen LogP contribution in [0.1, 0.15) is 49.9 Å². The van der Waals surface area contributed by atoms with Crippen molar-refractivity contribution in [2.75, 3.05) is 52.5 Å². The maximum atomic E-state index is 6.11. The molecular weight excluding hydrogens is 552 g/mol. The second kappa shape index (κ2) is 18.2. The molecule has 0 saturated heterocycles. The zero-order valence-corrected chi connectivity index (χ0v) is 27.0. The summed E-state index contributed by atoms with van der Waals surface area (Å²) in [5, 5.41) is 0. The van der Waals surface area contributed by atoms with Gasteiger partial charge in [0.2, 0.25) is 0 Å². The predicted molar refractivity (Wildman–Crippen MR) is 185 cm³/mol. The number of ether oxygens (including phenoxy) is 2. The molecule has 228 valence electrons. The van der Waals surface area contributed by atoms with Gasteiger partial charge in [0.05, 0.1) is 0 Å². The molecule has 0 radical (unpaired) electrons. The molecule has 0 aliphatic rings. The van der Waals surface area contributed by atoms with E-state index in [1.54, 1.807) is 0 Å². The molecule has 43 heavy (non-hydrogen) atoms. The zero-order chi connectivity index (χ0) is 29.6. The number of nitrogens with zero attached hydrogens (tertiary/aromatic N) is 2. The molecular formula is C38H47ClN2O2. The van der Waals surface area contributed by atoms with Crippen molar-refractivity contribution in [2.24, 2.45) is 0 Å². The van der Waals surface area contributed by atoms with Crippen molar-refractivity contribution in [1.29, 1.82) is 0 Å². The smallest absolute Gasteiger partial charge is 0.119 e. The van der Waals surface area contributed by atoms with E-state index in [1.165, 1.54) is 22.3 Å². The SMILES string of the molecule is CCN(CC)CCOc1ccc(/C(=C(/c2ccccc2)c2ccc(OCCN(CC)CC)cc2)c2ccccc2)cc1.Cl. The Bertz CT molecular complexity index is 1240. The van der Waals surface area contributed by atoms with Gasteiger partial charge in [0.15, 0.2) is 0 Å². The van der Waals surface area contributed by atoms with E-state index in [9.17, 15) is 0 Å². The first kappa shape index (κ1) is 33.9. The fraction of sp³-hybridized carbons (Fsp3) is 0.316. The first-order valence-electron chi connectivity index (χ1n) is 15.4. The molecule has 0 aromatic heterocycles. The summed E-state index contributed by atoms with van der Waals surface area (Å²) < 4.78 is 12.2. The van der Waals surface area contributed by atoms with Crippen molar-refractivity contribution in [3.8, 4) is 11.5 Å². The Hall–Kier alpha value is -3.57. The summed E-state index contributed by atoms with van der Waals surface area (Å²) in [6, 6.07) is 38.4. The van der Waals surface area contributed by atoms with Crippen LogP contribution in [0.3, 0.4) is 0 Å². The molecule has 0 aliphatic carbocycles. The molecule has 4 rings (SSSR count). The Labute approximate surface area is 265 Å². The first-order chi connectivity index (χ1) is 20.7. The van der Waals surface area contributed by atoms with Gasteiger partial charge >= 0.3 is 0 Å². The molecule has 0 bridgehead atoms. The maximum absolute atomic E-state index is 6.11. The van der Waals surface area contributed by atoms with Crippen LogP contribution in [0.4, 0.5) is 0 Å². The molecule has 0 atom stereocenters. The molecule has 0 fully saturated rings. The number of halogens is 1. The monoisotopic (exact) mass is 598 g/mol. The van der Waals surface area contributed by atoms with Crippen LogP contribution < -0.4 is 9.47 Å². The summed E-state index contributed by atoms with van der Waals surface area (Å²) in [7, 11) is 0. The molecule has 0 N–H and O–H groups in total. The quantitative estimate of drug-likeness (QED) is 0.121. The van der Waals surface area contributed by atoms with E-state index in [0.29, 0.717) is 13.2 Å². The van der Waals surface area contributed by atoms with Gasteiger partial charge in [0.1, 0.15) is 24.7 Å². The minimum Gasteiger partial charge on any atom is -0.492 e. The largest absolute Gasteiger partial charge is 0.492 e. The number of hydrogen-bond acceptors (Lipinski definition) is 4. The van der Waals surface area contributed by atoms with E-state index in [-0.39, 0.29) is 12.4 Å². The van der Waals surface area contributed by atoms with Crippen LogP contribution in [0.15, 0.2) is 109 Å².